The van der Waals surface area contributed by atoms with Gasteiger partial charge in [0, 0.05) is 18.2 Å². The molecular weight excluding hydrogens is 530 g/mol. The van der Waals surface area contributed by atoms with Crippen LogP contribution in [-0.2, 0) is 27.2 Å². The van der Waals surface area contributed by atoms with Crippen LogP contribution >= 0.6 is 0 Å². The van der Waals surface area contributed by atoms with E-state index in [1.54, 1.807) is 24.3 Å². The topological polar surface area (TPSA) is 109 Å². The summed E-state index contributed by atoms with van der Waals surface area (Å²) < 4.78 is 34.6. The number of halogens is 2. The van der Waals surface area contributed by atoms with E-state index in [9.17, 15) is 23.2 Å². The van der Waals surface area contributed by atoms with E-state index in [-0.39, 0.29) is 30.9 Å². The molecule has 0 aromatic heterocycles. The number of carbonyl (C=O) groups is 3. The molecule has 2 aromatic rings. The standard InChI is InChI=1S/C31H42F2N4O4/c1-5-9-25-29(38)34-15-8-12-23-24(33)13-7-14-27(23)41-18-20(4)35-26(17-21-10-6-11-22(32)16-21)30(39)37-28(19(2)3)31(40)36-25/h6-7,10-11,13-14,16,19-20,25-26,28,35H,5,8-9,12,15,17-18H2,1-4H3,(H,34,38)(H,36,40)(H,37,39)/t20-,25-,26+,28+/m0/s1. The minimum absolute atomic E-state index is 0.132. The van der Waals surface area contributed by atoms with Gasteiger partial charge in [-0.1, -0.05) is 45.4 Å². The first-order chi connectivity index (χ1) is 19.6. The highest BCUT2D eigenvalue weighted by molar-refractivity contribution is 5.93. The van der Waals surface area contributed by atoms with Crippen LogP contribution in [0.25, 0.3) is 0 Å². The molecule has 224 valence electrons. The fourth-order valence-corrected chi connectivity index (χ4v) is 4.86. The van der Waals surface area contributed by atoms with Gasteiger partial charge in [-0.2, -0.15) is 0 Å². The largest absolute Gasteiger partial charge is 0.492 e. The predicted octanol–water partition coefficient (Wildman–Crippen LogP) is 3.42. The number of amides is 3. The molecular formula is C31H42F2N4O4. The highest BCUT2D eigenvalue weighted by atomic mass is 19.1. The van der Waals surface area contributed by atoms with Crippen molar-refractivity contribution in [2.45, 2.75) is 84.0 Å². The van der Waals surface area contributed by atoms with Gasteiger partial charge in [0.25, 0.3) is 0 Å². The second kappa shape index (κ2) is 15.5. The Morgan fingerprint density at radius 3 is 2.44 bits per heavy atom. The second-order valence-corrected chi connectivity index (χ2v) is 11.0. The van der Waals surface area contributed by atoms with Crippen molar-refractivity contribution in [1.82, 2.24) is 21.3 Å². The minimum Gasteiger partial charge on any atom is -0.492 e. The van der Waals surface area contributed by atoms with E-state index >= 15 is 0 Å². The fraction of sp³-hybridized carbons (Fsp3) is 0.516. The molecule has 0 bridgehead atoms. The molecule has 1 aliphatic rings. The Morgan fingerprint density at radius 1 is 0.976 bits per heavy atom. The molecule has 0 fully saturated rings. The predicted molar refractivity (Wildman–Crippen MR) is 153 cm³/mol. The van der Waals surface area contributed by atoms with Gasteiger partial charge in [-0.25, -0.2) is 8.78 Å². The summed E-state index contributed by atoms with van der Waals surface area (Å²) in [5.74, 6) is -1.93. The third-order valence-corrected chi connectivity index (χ3v) is 7.06. The number of carbonyl (C=O) groups excluding carboxylic acids is 3. The first-order valence-corrected chi connectivity index (χ1v) is 14.4. The molecule has 0 saturated heterocycles. The molecule has 8 nitrogen and oxygen atoms in total. The second-order valence-electron chi connectivity index (χ2n) is 11.0. The fourth-order valence-electron chi connectivity index (χ4n) is 4.86. The zero-order chi connectivity index (χ0) is 29.9. The lowest BCUT2D eigenvalue weighted by molar-refractivity contribution is -0.133. The lowest BCUT2D eigenvalue weighted by atomic mass is 9.99. The van der Waals surface area contributed by atoms with Gasteiger partial charge in [0.05, 0.1) is 6.04 Å². The Balaban J connectivity index is 1.92. The number of ether oxygens (including phenoxy) is 1. The van der Waals surface area contributed by atoms with Crippen LogP contribution in [0.15, 0.2) is 42.5 Å². The summed E-state index contributed by atoms with van der Waals surface area (Å²) in [4.78, 5) is 39.9. The molecule has 4 atom stereocenters. The maximum atomic E-state index is 14.7. The summed E-state index contributed by atoms with van der Waals surface area (Å²) >= 11 is 0. The maximum absolute atomic E-state index is 14.7. The first-order valence-electron chi connectivity index (χ1n) is 14.4. The van der Waals surface area contributed by atoms with E-state index in [0.717, 1.165) is 0 Å². The Kier molecular flexibility index (Phi) is 12.1. The summed E-state index contributed by atoms with van der Waals surface area (Å²) in [6.45, 7) is 7.80. The molecule has 1 heterocycles. The van der Waals surface area contributed by atoms with E-state index in [1.807, 2.05) is 27.7 Å². The van der Waals surface area contributed by atoms with Gasteiger partial charge in [0.1, 0.15) is 36.1 Å². The van der Waals surface area contributed by atoms with Crippen LogP contribution in [0.2, 0.25) is 0 Å². The van der Waals surface area contributed by atoms with Crippen LogP contribution in [-0.4, -0.2) is 55.0 Å². The normalized spacial score (nSPS) is 23.3. The number of rotatable bonds is 5. The summed E-state index contributed by atoms with van der Waals surface area (Å²) in [5.41, 5.74) is 1.01. The monoisotopic (exact) mass is 572 g/mol. The van der Waals surface area contributed by atoms with Crippen molar-refractivity contribution in [2.75, 3.05) is 13.2 Å². The molecule has 3 rings (SSSR count). The highest BCUT2D eigenvalue weighted by Gasteiger charge is 2.31. The lowest BCUT2D eigenvalue weighted by Gasteiger charge is -2.29. The van der Waals surface area contributed by atoms with Gasteiger partial charge in [-0.15, -0.1) is 0 Å². The van der Waals surface area contributed by atoms with Crippen molar-refractivity contribution in [1.29, 1.82) is 0 Å². The van der Waals surface area contributed by atoms with Gasteiger partial charge in [0.15, 0.2) is 0 Å². The lowest BCUT2D eigenvalue weighted by Crippen LogP contribution is -2.59. The van der Waals surface area contributed by atoms with Gasteiger partial charge in [0.2, 0.25) is 17.7 Å². The number of benzene rings is 2. The van der Waals surface area contributed by atoms with E-state index in [4.69, 9.17) is 4.74 Å². The Morgan fingerprint density at radius 2 is 1.73 bits per heavy atom. The number of nitrogens with one attached hydrogen (secondary N) is 4. The molecule has 4 N–H and O–H groups in total. The van der Waals surface area contributed by atoms with Crippen molar-refractivity contribution in [3.05, 3.63) is 65.2 Å². The maximum Gasteiger partial charge on any atom is 0.243 e. The van der Waals surface area contributed by atoms with Crippen molar-refractivity contribution in [3.8, 4) is 5.75 Å². The van der Waals surface area contributed by atoms with Crippen LogP contribution in [0.5, 0.6) is 5.75 Å². The van der Waals surface area contributed by atoms with E-state index in [0.29, 0.717) is 49.1 Å². The molecule has 0 radical (unpaired) electrons. The Bertz CT molecular complexity index is 1190. The third kappa shape index (κ3) is 9.52. The van der Waals surface area contributed by atoms with E-state index in [1.165, 1.54) is 18.2 Å². The molecule has 41 heavy (non-hydrogen) atoms. The summed E-state index contributed by atoms with van der Waals surface area (Å²) in [6.07, 6.45) is 2.05. The van der Waals surface area contributed by atoms with Crippen molar-refractivity contribution in [3.63, 3.8) is 0 Å². The number of hydrogen-bond acceptors (Lipinski definition) is 5. The van der Waals surface area contributed by atoms with Gasteiger partial charge in [-0.05, 0) is 68.4 Å². The summed E-state index contributed by atoms with van der Waals surface area (Å²) in [7, 11) is 0. The quantitative estimate of drug-likeness (QED) is 0.439. The molecule has 0 unspecified atom stereocenters. The van der Waals surface area contributed by atoms with Gasteiger partial charge < -0.3 is 20.7 Å². The Labute approximate surface area is 241 Å². The van der Waals surface area contributed by atoms with Gasteiger partial charge >= 0.3 is 0 Å². The minimum atomic E-state index is -0.897. The van der Waals surface area contributed by atoms with Crippen molar-refractivity contribution < 1.29 is 27.9 Å². The van der Waals surface area contributed by atoms with E-state index < -0.39 is 41.6 Å². The third-order valence-electron chi connectivity index (χ3n) is 7.06. The first kappa shape index (κ1) is 32.0. The molecule has 2 aromatic carbocycles. The van der Waals surface area contributed by atoms with Crippen molar-refractivity contribution >= 4 is 17.7 Å². The average Bonchev–Trinajstić information content (AvgIpc) is 2.92. The van der Waals surface area contributed by atoms with Crippen LogP contribution in [0.1, 0.15) is 58.1 Å². The average molecular weight is 573 g/mol. The highest BCUT2D eigenvalue weighted by Crippen LogP contribution is 2.23. The smallest absolute Gasteiger partial charge is 0.243 e. The van der Waals surface area contributed by atoms with E-state index in [2.05, 4.69) is 21.3 Å². The molecule has 0 saturated carbocycles. The number of fused-ring (bicyclic) bond motifs is 1. The van der Waals surface area contributed by atoms with Crippen molar-refractivity contribution in [2.24, 2.45) is 5.92 Å². The zero-order valence-electron chi connectivity index (χ0n) is 24.3. The van der Waals surface area contributed by atoms with Crippen LogP contribution < -0.4 is 26.0 Å². The Hall–Kier alpha value is -3.53. The molecule has 3 amide bonds. The molecule has 10 heteroatoms. The summed E-state index contributed by atoms with van der Waals surface area (Å²) in [5, 5.41) is 11.8. The SMILES string of the molecule is CCC[C@@H]1NC(=O)[C@@H](C(C)C)NC(=O)[C@@H](Cc2cccc(F)c2)N[C@@H](C)COc2cccc(F)c2CCCNC1=O. The van der Waals surface area contributed by atoms with Crippen LogP contribution in [0.3, 0.4) is 0 Å². The molecule has 0 aliphatic carbocycles. The zero-order valence-corrected chi connectivity index (χ0v) is 24.3. The number of hydrogen-bond donors (Lipinski definition) is 4. The van der Waals surface area contributed by atoms with Crippen LogP contribution in [0, 0.1) is 17.6 Å². The molecule has 1 aliphatic heterocycles. The summed E-state index contributed by atoms with van der Waals surface area (Å²) in [6, 6.07) is 7.77. The molecule has 0 spiro atoms. The van der Waals surface area contributed by atoms with Crippen LogP contribution in [0.4, 0.5) is 8.78 Å². The van der Waals surface area contributed by atoms with Gasteiger partial charge in [-0.3, -0.25) is 19.7 Å².